The summed E-state index contributed by atoms with van der Waals surface area (Å²) in [6.07, 6.45) is 3.01. The van der Waals surface area contributed by atoms with Crippen molar-refractivity contribution in [2.24, 2.45) is 0 Å². The number of halogens is 1. The van der Waals surface area contributed by atoms with Gasteiger partial charge in [-0.1, -0.05) is 0 Å². The van der Waals surface area contributed by atoms with E-state index in [1.807, 2.05) is 0 Å². The molecule has 1 aromatic carbocycles. The van der Waals surface area contributed by atoms with Crippen LogP contribution in [0, 0.1) is 10.1 Å². The number of nitro benzene ring substituents is 1. The van der Waals surface area contributed by atoms with E-state index in [4.69, 9.17) is 0 Å². The van der Waals surface area contributed by atoms with E-state index >= 15 is 0 Å². The monoisotopic (exact) mass is 351 g/mol. The van der Waals surface area contributed by atoms with E-state index in [0.29, 0.717) is 0 Å². The molecule has 1 N–H and O–H groups in total. The summed E-state index contributed by atoms with van der Waals surface area (Å²) in [4.78, 5) is 30.6. The third-order valence-electron chi connectivity index (χ3n) is 2.57. The molecule has 1 amide bonds. The fourth-order valence-electron chi connectivity index (χ4n) is 1.62. The molecule has 0 unspecified atom stereocenters. The maximum Gasteiger partial charge on any atom is 0.283 e. The van der Waals surface area contributed by atoms with Gasteiger partial charge >= 0.3 is 0 Å². The van der Waals surface area contributed by atoms with Crippen LogP contribution in [-0.2, 0) is 0 Å². The summed E-state index contributed by atoms with van der Waals surface area (Å²) in [7, 11) is 1.55. The molecule has 2 rings (SSSR count). The van der Waals surface area contributed by atoms with Gasteiger partial charge in [0.25, 0.3) is 11.6 Å². The van der Waals surface area contributed by atoms with Crippen molar-refractivity contribution >= 4 is 33.5 Å². The van der Waals surface area contributed by atoms with Gasteiger partial charge < -0.3 is 0 Å². The number of carbonyl (C=O) groups excluding carboxylic acids is 1. The Bertz CT molecular complexity index is 680. The maximum absolute atomic E-state index is 12.4. The van der Waals surface area contributed by atoms with Crippen molar-refractivity contribution in [1.82, 2.24) is 15.4 Å². The number of hydrogen-bond acceptors (Lipinski definition) is 6. The quantitative estimate of drug-likeness (QED) is 0.666. The Morgan fingerprint density at radius 2 is 2.05 bits per heavy atom. The van der Waals surface area contributed by atoms with Gasteiger partial charge in [-0.15, -0.1) is 0 Å². The van der Waals surface area contributed by atoms with Crippen LogP contribution in [0.3, 0.4) is 0 Å². The average molecular weight is 352 g/mol. The fourth-order valence-corrected chi connectivity index (χ4v) is 2.14. The van der Waals surface area contributed by atoms with Crippen LogP contribution in [-0.4, -0.2) is 27.8 Å². The molecule has 0 radical (unpaired) electrons. The molecular weight excluding hydrogens is 342 g/mol. The van der Waals surface area contributed by atoms with Gasteiger partial charge in [0, 0.05) is 31.1 Å². The zero-order valence-electron chi connectivity index (χ0n) is 10.9. The largest absolute Gasteiger partial charge is 0.283 e. The second-order valence-corrected chi connectivity index (χ2v) is 4.69. The minimum Gasteiger partial charge on any atom is -0.267 e. The number of hydrogen-bond donors (Lipinski definition) is 1. The number of rotatable bonds is 4. The predicted octanol–water partition coefficient (Wildman–Crippen LogP) is 1.93. The van der Waals surface area contributed by atoms with Crippen LogP contribution in [0.5, 0.6) is 0 Å². The van der Waals surface area contributed by atoms with Crippen molar-refractivity contribution in [3.8, 4) is 0 Å². The first-order valence-electron chi connectivity index (χ1n) is 5.77. The van der Waals surface area contributed by atoms with Gasteiger partial charge in [0.15, 0.2) is 0 Å². The number of aromatic nitrogens is 2. The summed E-state index contributed by atoms with van der Waals surface area (Å²) in [6.45, 7) is 0. The Morgan fingerprint density at radius 3 is 2.57 bits per heavy atom. The van der Waals surface area contributed by atoms with Crippen LogP contribution in [0.1, 0.15) is 10.4 Å². The predicted molar refractivity (Wildman–Crippen MR) is 78.7 cm³/mol. The van der Waals surface area contributed by atoms with E-state index in [0.717, 1.165) is 5.01 Å². The van der Waals surface area contributed by atoms with Gasteiger partial charge in [-0.25, -0.2) is 20.4 Å². The molecular formula is C12H10BrN5O3. The maximum atomic E-state index is 12.4. The Hall–Kier alpha value is -2.39. The van der Waals surface area contributed by atoms with Crippen molar-refractivity contribution in [3.05, 3.63) is 56.8 Å². The highest BCUT2D eigenvalue weighted by molar-refractivity contribution is 9.10. The van der Waals surface area contributed by atoms with Crippen molar-refractivity contribution in [3.63, 3.8) is 0 Å². The molecule has 21 heavy (non-hydrogen) atoms. The molecule has 0 atom stereocenters. The molecule has 8 nitrogen and oxygen atoms in total. The van der Waals surface area contributed by atoms with Gasteiger partial charge in [-0.2, -0.15) is 0 Å². The topological polar surface area (TPSA) is 101 Å². The molecule has 2 aromatic rings. The van der Waals surface area contributed by atoms with Crippen LogP contribution in [0.25, 0.3) is 0 Å². The molecule has 1 heterocycles. The van der Waals surface area contributed by atoms with E-state index in [1.54, 1.807) is 13.1 Å². The van der Waals surface area contributed by atoms with E-state index < -0.39 is 10.8 Å². The van der Waals surface area contributed by atoms with Gasteiger partial charge in [-0.3, -0.25) is 14.9 Å². The lowest BCUT2D eigenvalue weighted by molar-refractivity contribution is -0.385. The number of nitro groups is 1. The Balaban J connectivity index is 2.35. The van der Waals surface area contributed by atoms with E-state index in [1.165, 1.54) is 30.6 Å². The lowest BCUT2D eigenvalue weighted by Crippen LogP contribution is -2.41. The number of nitrogens with zero attached hydrogens (tertiary/aromatic N) is 4. The second kappa shape index (κ2) is 6.37. The highest BCUT2D eigenvalue weighted by Crippen LogP contribution is 2.26. The van der Waals surface area contributed by atoms with E-state index in [9.17, 15) is 14.9 Å². The molecule has 0 fully saturated rings. The highest BCUT2D eigenvalue weighted by atomic mass is 79.9. The lowest BCUT2D eigenvalue weighted by Gasteiger charge is -2.18. The standard InChI is InChI=1S/C12H10BrN5O3/c1-14-17(12-15-5-2-6-16-12)11(19)8-3-4-10(18(20)21)9(13)7-8/h2-7,14H,1H3. The zero-order valence-corrected chi connectivity index (χ0v) is 12.4. The molecule has 0 aliphatic heterocycles. The molecule has 0 saturated heterocycles. The molecule has 0 saturated carbocycles. The summed E-state index contributed by atoms with van der Waals surface area (Å²) in [5, 5.41) is 11.9. The first-order valence-corrected chi connectivity index (χ1v) is 6.56. The van der Waals surface area contributed by atoms with Gasteiger partial charge in [0.2, 0.25) is 5.95 Å². The summed E-state index contributed by atoms with van der Waals surface area (Å²) in [5.74, 6) is -0.251. The van der Waals surface area contributed by atoms with Crippen molar-refractivity contribution < 1.29 is 9.72 Å². The lowest BCUT2D eigenvalue weighted by atomic mass is 10.2. The SMILES string of the molecule is CNN(C(=O)c1ccc([N+](=O)[O-])c(Br)c1)c1ncccn1. The minimum atomic E-state index is -0.533. The van der Waals surface area contributed by atoms with Crippen LogP contribution < -0.4 is 10.4 Å². The Labute approximate surface area is 128 Å². The number of benzene rings is 1. The number of anilines is 1. The fraction of sp³-hybridized carbons (Fsp3) is 0.0833. The van der Waals surface area contributed by atoms with Gasteiger partial charge in [0.05, 0.1) is 9.40 Å². The summed E-state index contributed by atoms with van der Waals surface area (Å²) in [6, 6.07) is 5.65. The molecule has 0 aliphatic carbocycles. The van der Waals surface area contributed by atoms with Crippen LogP contribution in [0.4, 0.5) is 11.6 Å². The molecule has 0 bridgehead atoms. The van der Waals surface area contributed by atoms with Crippen LogP contribution in [0.15, 0.2) is 41.1 Å². The summed E-state index contributed by atoms with van der Waals surface area (Å²) >= 11 is 3.08. The normalized spacial score (nSPS) is 10.2. The zero-order chi connectivity index (χ0) is 15.4. The number of carbonyl (C=O) groups is 1. The summed E-state index contributed by atoms with van der Waals surface area (Å²) < 4.78 is 0.225. The molecule has 0 aliphatic rings. The third-order valence-corrected chi connectivity index (χ3v) is 3.21. The van der Waals surface area contributed by atoms with Crippen LogP contribution in [0.2, 0.25) is 0 Å². The second-order valence-electron chi connectivity index (χ2n) is 3.84. The molecule has 0 spiro atoms. The third kappa shape index (κ3) is 3.20. The van der Waals surface area contributed by atoms with Crippen molar-refractivity contribution in [2.75, 3.05) is 12.1 Å². The van der Waals surface area contributed by atoms with Gasteiger partial charge in [-0.05, 0) is 34.1 Å². The first kappa shape index (κ1) is 15.0. The smallest absolute Gasteiger partial charge is 0.267 e. The Kier molecular flexibility index (Phi) is 4.55. The number of nitrogens with one attached hydrogen (secondary N) is 1. The number of amides is 1. The summed E-state index contributed by atoms with van der Waals surface area (Å²) in [5.41, 5.74) is 2.83. The Morgan fingerprint density at radius 1 is 1.38 bits per heavy atom. The average Bonchev–Trinajstić information content (AvgIpc) is 2.48. The van der Waals surface area contributed by atoms with Crippen molar-refractivity contribution in [1.29, 1.82) is 0 Å². The number of hydrazine groups is 1. The minimum absolute atomic E-state index is 0.112. The molecule has 108 valence electrons. The molecule has 9 heteroatoms. The van der Waals surface area contributed by atoms with Crippen molar-refractivity contribution in [2.45, 2.75) is 0 Å². The molecule has 1 aromatic heterocycles. The highest BCUT2D eigenvalue weighted by Gasteiger charge is 2.21. The van der Waals surface area contributed by atoms with E-state index in [-0.39, 0.29) is 21.7 Å². The van der Waals surface area contributed by atoms with E-state index in [2.05, 4.69) is 31.3 Å². The van der Waals surface area contributed by atoms with Gasteiger partial charge in [0.1, 0.15) is 0 Å². The van der Waals surface area contributed by atoms with Crippen LogP contribution >= 0.6 is 15.9 Å². The first-order chi connectivity index (χ1) is 10.0.